The van der Waals surface area contributed by atoms with Crippen LogP contribution in [0.4, 0.5) is 0 Å². The van der Waals surface area contributed by atoms with Crippen LogP contribution >= 0.6 is 0 Å². The largest absolute Gasteiger partial charge is 0.480 e. The number of aryl methyl sites for hydroxylation is 1. The summed E-state index contributed by atoms with van der Waals surface area (Å²) in [5.41, 5.74) is 1.19. The van der Waals surface area contributed by atoms with Crippen molar-refractivity contribution in [3.8, 4) is 11.5 Å². The van der Waals surface area contributed by atoms with Crippen LogP contribution in [0, 0.1) is 6.92 Å². The van der Waals surface area contributed by atoms with Gasteiger partial charge in [-0.3, -0.25) is 9.59 Å². The van der Waals surface area contributed by atoms with Gasteiger partial charge in [0.2, 0.25) is 0 Å². The van der Waals surface area contributed by atoms with Crippen molar-refractivity contribution >= 4 is 11.9 Å². The molecular formula is C16H15NO4. The number of carbonyl (C=O) groups excluding carboxylic acids is 1. The predicted octanol–water partition coefficient (Wildman–Crippen LogP) is 2.60. The lowest BCUT2D eigenvalue weighted by Crippen LogP contribution is -2.29. The van der Waals surface area contributed by atoms with Gasteiger partial charge in [-0.1, -0.05) is 18.2 Å². The van der Waals surface area contributed by atoms with E-state index in [9.17, 15) is 9.59 Å². The number of nitrogens with one attached hydrogen (secondary N) is 1. The smallest absolute Gasteiger partial charge is 0.322 e. The molecule has 5 heteroatoms. The summed E-state index contributed by atoms with van der Waals surface area (Å²) in [6.07, 6.45) is 0. The first kappa shape index (κ1) is 14.6. The molecule has 0 atom stereocenters. The number of carboxylic acids is 1. The van der Waals surface area contributed by atoms with E-state index in [1.807, 2.05) is 37.3 Å². The quantitative estimate of drug-likeness (QED) is 0.885. The van der Waals surface area contributed by atoms with E-state index in [1.165, 1.54) is 0 Å². The Kier molecular flexibility index (Phi) is 4.56. The Labute approximate surface area is 122 Å². The molecule has 0 radical (unpaired) electrons. The van der Waals surface area contributed by atoms with Gasteiger partial charge in [0.25, 0.3) is 5.91 Å². The minimum atomic E-state index is -1.08. The highest BCUT2D eigenvalue weighted by molar-refractivity contribution is 5.96. The number of para-hydroxylation sites is 1. The first-order valence-corrected chi connectivity index (χ1v) is 6.40. The Bertz CT molecular complexity index is 653. The molecule has 0 bridgehead atoms. The van der Waals surface area contributed by atoms with E-state index in [4.69, 9.17) is 9.84 Å². The van der Waals surface area contributed by atoms with E-state index in [2.05, 4.69) is 5.32 Å². The maximum atomic E-state index is 11.8. The number of amides is 1. The number of carbonyl (C=O) groups is 2. The number of rotatable bonds is 5. The number of hydrogen-bond acceptors (Lipinski definition) is 3. The van der Waals surface area contributed by atoms with Crippen molar-refractivity contribution < 1.29 is 19.4 Å². The second-order valence-electron chi connectivity index (χ2n) is 4.47. The van der Waals surface area contributed by atoms with Crippen molar-refractivity contribution in [1.29, 1.82) is 0 Å². The Morgan fingerprint density at radius 2 is 1.86 bits per heavy atom. The molecule has 0 saturated carbocycles. The van der Waals surface area contributed by atoms with Crippen molar-refractivity contribution in [2.24, 2.45) is 0 Å². The van der Waals surface area contributed by atoms with E-state index >= 15 is 0 Å². The average Bonchev–Trinajstić information content (AvgIpc) is 2.48. The number of benzene rings is 2. The molecule has 2 aromatic rings. The monoisotopic (exact) mass is 285 g/mol. The van der Waals surface area contributed by atoms with E-state index in [0.717, 1.165) is 5.56 Å². The van der Waals surface area contributed by atoms with Gasteiger partial charge >= 0.3 is 5.97 Å². The van der Waals surface area contributed by atoms with Crippen LogP contribution in [0.1, 0.15) is 15.9 Å². The van der Waals surface area contributed by atoms with Gasteiger partial charge < -0.3 is 15.2 Å². The molecule has 0 aliphatic rings. The first-order valence-electron chi connectivity index (χ1n) is 6.40. The van der Waals surface area contributed by atoms with Crippen LogP contribution in [-0.4, -0.2) is 23.5 Å². The van der Waals surface area contributed by atoms with Crippen LogP contribution < -0.4 is 10.1 Å². The van der Waals surface area contributed by atoms with E-state index < -0.39 is 18.4 Å². The number of hydrogen-bond donors (Lipinski definition) is 2. The lowest BCUT2D eigenvalue weighted by Gasteiger charge is -2.10. The molecule has 0 unspecified atom stereocenters. The van der Waals surface area contributed by atoms with Crippen molar-refractivity contribution in [1.82, 2.24) is 5.32 Å². The fourth-order valence-corrected chi connectivity index (χ4v) is 1.78. The lowest BCUT2D eigenvalue weighted by molar-refractivity contribution is -0.135. The average molecular weight is 285 g/mol. The second-order valence-corrected chi connectivity index (χ2v) is 4.47. The van der Waals surface area contributed by atoms with Crippen LogP contribution in [0.3, 0.4) is 0 Å². The van der Waals surface area contributed by atoms with E-state index in [-0.39, 0.29) is 0 Å². The van der Waals surface area contributed by atoms with Crippen molar-refractivity contribution in [3.05, 3.63) is 59.7 Å². The van der Waals surface area contributed by atoms with Gasteiger partial charge in [0.05, 0.1) is 0 Å². The minimum Gasteiger partial charge on any atom is -0.480 e. The number of aliphatic carboxylic acids is 1. The highest BCUT2D eigenvalue weighted by atomic mass is 16.5. The Hall–Kier alpha value is -2.82. The first-order chi connectivity index (χ1) is 10.1. The molecule has 2 N–H and O–H groups in total. The highest BCUT2D eigenvalue weighted by Gasteiger charge is 2.09. The summed E-state index contributed by atoms with van der Waals surface area (Å²) in [5.74, 6) is -0.143. The third-order valence-corrected chi connectivity index (χ3v) is 2.81. The lowest BCUT2D eigenvalue weighted by atomic mass is 10.1. The summed E-state index contributed by atoms with van der Waals surface area (Å²) in [7, 11) is 0. The molecule has 0 heterocycles. The van der Waals surface area contributed by atoms with Gasteiger partial charge in [0.15, 0.2) is 0 Å². The van der Waals surface area contributed by atoms with Gasteiger partial charge in [-0.15, -0.1) is 0 Å². The van der Waals surface area contributed by atoms with Crippen LogP contribution in [0.5, 0.6) is 11.5 Å². The molecule has 5 nitrogen and oxygen atoms in total. The predicted molar refractivity (Wildman–Crippen MR) is 77.7 cm³/mol. The maximum Gasteiger partial charge on any atom is 0.322 e. The van der Waals surface area contributed by atoms with Gasteiger partial charge in [0.1, 0.15) is 18.0 Å². The molecular weight excluding hydrogens is 270 g/mol. The third-order valence-electron chi connectivity index (χ3n) is 2.81. The summed E-state index contributed by atoms with van der Waals surface area (Å²) >= 11 is 0. The van der Waals surface area contributed by atoms with E-state index in [1.54, 1.807) is 18.2 Å². The van der Waals surface area contributed by atoms with Crippen LogP contribution in [0.25, 0.3) is 0 Å². The molecule has 0 fully saturated rings. The Morgan fingerprint density at radius 1 is 1.14 bits per heavy atom. The van der Waals surface area contributed by atoms with Crippen molar-refractivity contribution in [2.75, 3.05) is 6.54 Å². The second kappa shape index (κ2) is 6.56. The SMILES string of the molecule is Cc1cc(C(=O)NCC(=O)O)ccc1Oc1ccccc1. The molecule has 2 aromatic carbocycles. The molecule has 0 spiro atoms. The van der Waals surface area contributed by atoms with E-state index in [0.29, 0.717) is 17.1 Å². The van der Waals surface area contributed by atoms with Crippen molar-refractivity contribution in [2.45, 2.75) is 6.92 Å². The van der Waals surface area contributed by atoms with Gasteiger partial charge in [0, 0.05) is 5.56 Å². The summed E-state index contributed by atoms with van der Waals surface area (Å²) in [5, 5.41) is 10.9. The molecule has 0 saturated heterocycles. The summed E-state index contributed by atoms with van der Waals surface area (Å²) in [6.45, 7) is 1.42. The standard InChI is InChI=1S/C16H15NO4/c1-11-9-12(16(20)17-10-15(18)19)7-8-14(11)21-13-5-3-2-4-6-13/h2-9H,10H2,1H3,(H,17,20)(H,18,19). The molecule has 108 valence electrons. The third kappa shape index (κ3) is 4.07. The zero-order valence-corrected chi connectivity index (χ0v) is 11.5. The summed E-state index contributed by atoms with van der Waals surface area (Å²) in [4.78, 5) is 22.2. The molecule has 0 aromatic heterocycles. The van der Waals surface area contributed by atoms with Gasteiger partial charge in [-0.2, -0.15) is 0 Å². The number of ether oxygens (including phenoxy) is 1. The highest BCUT2D eigenvalue weighted by Crippen LogP contribution is 2.25. The maximum absolute atomic E-state index is 11.8. The Morgan fingerprint density at radius 3 is 2.48 bits per heavy atom. The van der Waals surface area contributed by atoms with Crippen molar-refractivity contribution in [3.63, 3.8) is 0 Å². The molecule has 0 aliphatic carbocycles. The van der Waals surface area contributed by atoms with Gasteiger partial charge in [-0.25, -0.2) is 0 Å². The minimum absolute atomic E-state index is 0.397. The van der Waals surface area contributed by atoms with Crippen LogP contribution in [0.2, 0.25) is 0 Å². The molecule has 21 heavy (non-hydrogen) atoms. The molecule has 1 amide bonds. The molecule has 0 aliphatic heterocycles. The molecule has 2 rings (SSSR count). The summed E-state index contributed by atoms with van der Waals surface area (Å²) in [6, 6.07) is 14.3. The normalized spacial score (nSPS) is 9.95. The Balaban J connectivity index is 2.10. The topological polar surface area (TPSA) is 75.6 Å². The zero-order chi connectivity index (χ0) is 15.2. The fourth-order valence-electron chi connectivity index (χ4n) is 1.78. The van der Waals surface area contributed by atoms with Crippen LogP contribution in [0.15, 0.2) is 48.5 Å². The zero-order valence-electron chi connectivity index (χ0n) is 11.5. The number of carboxylic acid groups (broad SMARTS) is 1. The fraction of sp³-hybridized carbons (Fsp3) is 0.125. The summed E-state index contributed by atoms with van der Waals surface area (Å²) < 4.78 is 5.72. The van der Waals surface area contributed by atoms with Gasteiger partial charge in [-0.05, 0) is 42.8 Å². The van der Waals surface area contributed by atoms with Crippen LogP contribution in [-0.2, 0) is 4.79 Å².